The molecule has 100 valence electrons. The third-order valence-corrected chi connectivity index (χ3v) is 3.47. The monoisotopic (exact) mass is 295 g/mol. The highest BCUT2D eigenvalue weighted by Gasteiger charge is 2.10. The molecule has 0 unspecified atom stereocenters. The molecule has 0 aliphatic rings. The normalized spacial score (nSPS) is 10.8. The molecular weight excluding hydrogens is 281 g/mol. The van der Waals surface area contributed by atoms with Crippen molar-refractivity contribution in [2.75, 3.05) is 12.4 Å². The third-order valence-electron chi connectivity index (χ3n) is 2.73. The molecule has 0 bridgehead atoms. The number of anilines is 1. The average molecular weight is 296 g/mol. The summed E-state index contributed by atoms with van der Waals surface area (Å²) in [5, 5.41) is 4.11. The first-order chi connectivity index (χ1) is 9.01. The van der Waals surface area contributed by atoms with Gasteiger partial charge in [-0.2, -0.15) is 0 Å². The molecular formula is C14H15Cl2N3. The van der Waals surface area contributed by atoms with Gasteiger partial charge in [0.05, 0.1) is 15.7 Å². The van der Waals surface area contributed by atoms with Crippen LogP contribution in [0.1, 0.15) is 25.6 Å². The van der Waals surface area contributed by atoms with Crippen molar-refractivity contribution in [2.45, 2.75) is 19.8 Å². The lowest BCUT2D eigenvalue weighted by Crippen LogP contribution is -2.03. The molecule has 1 aromatic carbocycles. The van der Waals surface area contributed by atoms with E-state index in [-0.39, 0.29) is 5.92 Å². The van der Waals surface area contributed by atoms with Crippen LogP contribution in [0.25, 0.3) is 11.3 Å². The Kier molecular flexibility index (Phi) is 4.27. The molecule has 0 saturated heterocycles. The smallest absolute Gasteiger partial charge is 0.133 e. The summed E-state index contributed by atoms with van der Waals surface area (Å²) in [5.74, 6) is 1.85. The molecule has 0 aliphatic carbocycles. The van der Waals surface area contributed by atoms with Crippen molar-refractivity contribution in [2.24, 2.45) is 0 Å². The second-order valence-corrected chi connectivity index (χ2v) is 5.34. The second-order valence-electron chi connectivity index (χ2n) is 4.53. The Bertz CT molecular complexity index is 597. The van der Waals surface area contributed by atoms with Crippen molar-refractivity contribution in [1.82, 2.24) is 9.97 Å². The van der Waals surface area contributed by atoms with Gasteiger partial charge < -0.3 is 5.32 Å². The van der Waals surface area contributed by atoms with E-state index in [1.807, 2.05) is 25.2 Å². The molecule has 19 heavy (non-hydrogen) atoms. The molecule has 1 N–H and O–H groups in total. The van der Waals surface area contributed by atoms with Gasteiger partial charge in [0.2, 0.25) is 0 Å². The Morgan fingerprint density at radius 2 is 1.79 bits per heavy atom. The van der Waals surface area contributed by atoms with Crippen LogP contribution in [0, 0.1) is 0 Å². The molecule has 0 saturated carbocycles. The zero-order chi connectivity index (χ0) is 14.0. The van der Waals surface area contributed by atoms with Crippen LogP contribution in [0.2, 0.25) is 10.0 Å². The zero-order valence-electron chi connectivity index (χ0n) is 11.0. The van der Waals surface area contributed by atoms with Crippen molar-refractivity contribution < 1.29 is 0 Å². The maximum Gasteiger partial charge on any atom is 0.133 e. The first kappa shape index (κ1) is 14.1. The van der Waals surface area contributed by atoms with Gasteiger partial charge in [0.1, 0.15) is 11.6 Å². The van der Waals surface area contributed by atoms with E-state index in [2.05, 4.69) is 29.1 Å². The van der Waals surface area contributed by atoms with Gasteiger partial charge in [-0.05, 0) is 12.1 Å². The standard InChI is InChI=1S/C14H15Cl2N3/c1-8(2)14-18-12(7-13(17-3)19-14)9-4-5-10(15)11(16)6-9/h4-8H,1-3H3,(H,17,18,19). The summed E-state index contributed by atoms with van der Waals surface area (Å²) in [6.45, 7) is 4.13. The highest BCUT2D eigenvalue weighted by molar-refractivity contribution is 6.42. The second kappa shape index (κ2) is 5.76. The Balaban J connectivity index is 2.54. The largest absolute Gasteiger partial charge is 0.373 e. The van der Waals surface area contributed by atoms with Crippen molar-refractivity contribution in [1.29, 1.82) is 0 Å². The first-order valence-corrected chi connectivity index (χ1v) is 6.79. The highest BCUT2D eigenvalue weighted by atomic mass is 35.5. The number of aromatic nitrogens is 2. The van der Waals surface area contributed by atoms with E-state index in [9.17, 15) is 0 Å². The zero-order valence-corrected chi connectivity index (χ0v) is 12.5. The number of hydrogen-bond acceptors (Lipinski definition) is 3. The quantitative estimate of drug-likeness (QED) is 0.898. The van der Waals surface area contributed by atoms with E-state index in [1.54, 1.807) is 6.07 Å². The van der Waals surface area contributed by atoms with Crippen LogP contribution < -0.4 is 5.32 Å². The van der Waals surface area contributed by atoms with Gasteiger partial charge in [0, 0.05) is 24.6 Å². The molecule has 0 spiro atoms. The Morgan fingerprint density at radius 1 is 1.05 bits per heavy atom. The van der Waals surface area contributed by atoms with Crippen LogP contribution in [-0.2, 0) is 0 Å². The van der Waals surface area contributed by atoms with Crippen molar-refractivity contribution in [3.8, 4) is 11.3 Å². The van der Waals surface area contributed by atoms with E-state index in [0.717, 1.165) is 22.9 Å². The van der Waals surface area contributed by atoms with Crippen molar-refractivity contribution >= 4 is 29.0 Å². The van der Waals surface area contributed by atoms with Crippen molar-refractivity contribution in [3.63, 3.8) is 0 Å². The SMILES string of the molecule is CNc1cc(-c2ccc(Cl)c(Cl)c2)nc(C(C)C)n1. The van der Waals surface area contributed by atoms with E-state index in [1.165, 1.54) is 0 Å². The van der Waals surface area contributed by atoms with Gasteiger partial charge >= 0.3 is 0 Å². The fourth-order valence-electron chi connectivity index (χ4n) is 1.66. The Hall–Kier alpha value is -1.32. The lowest BCUT2D eigenvalue weighted by Gasteiger charge is -2.10. The van der Waals surface area contributed by atoms with Crippen LogP contribution in [-0.4, -0.2) is 17.0 Å². The summed E-state index contributed by atoms with van der Waals surface area (Å²) in [5.41, 5.74) is 1.76. The maximum atomic E-state index is 6.05. The Morgan fingerprint density at radius 3 is 2.37 bits per heavy atom. The lowest BCUT2D eigenvalue weighted by molar-refractivity contribution is 0.777. The number of nitrogens with zero attached hydrogens (tertiary/aromatic N) is 2. The topological polar surface area (TPSA) is 37.8 Å². The van der Waals surface area contributed by atoms with Crippen LogP contribution in [0.3, 0.4) is 0 Å². The predicted octanol–water partition coefficient (Wildman–Crippen LogP) is 4.62. The van der Waals surface area contributed by atoms with Crippen LogP contribution in [0.5, 0.6) is 0 Å². The summed E-state index contributed by atoms with van der Waals surface area (Å²) in [7, 11) is 1.84. The lowest BCUT2D eigenvalue weighted by atomic mass is 10.1. The minimum absolute atomic E-state index is 0.259. The maximum absolute atomic E-state index is 6.05. The van der Waals surface area contributed by atoms with E-state index >= 15 is 0 Å². The van der Waals surface area contributed by atoms with Gasteiger partial charge in [-0.15, -0.1) is 0 Å². The van der Waals surface area contributed by atoms with Gasteiger partial charge in [-0.3, -0.25) is 0 Å². The van der Waals surface area contributed by atoms with E-state index in [0.29, 0.717) is 10.0 Å². The van der Waals surface area contributed by atoms with Gasteiger partial charge in [0.15, 0.2) is 0 Å². The molecule has 5 heteroatoms. The molecule has 0 amide bonds. The molecule has 3 nitrogen and oxygen atoms in total. The van der Waals surface area contributed by atoms with Gasteiger partial charge in [-0.25, -0.2) is 9.97 Å². The number of hydrogen-bond donors (Lipinski definition) is 1. The molecule has 0 atom stereocenters. The van der Waals surface area contributed by atoms with E-state index < -0.39 is 0 Å². The number of nitrogens with one attached hydrogen (secondary N) is 1. The number of rotatable bonds is 3. The Labute approximate surface area is 123 Å². The molecule has 2 rings (SSSR count). The molecule has 0 fully saturated rings. The summed E-state index contributed by atoms with van der Waals surface area (Å²) in [4.78, 5) is 9.00. The average Bonchev–Trinajstić information content (AvgIpc) is 2.41. The van der Waals surface area contributed by atoms with Crippen molar-refractivity contribution in [3.05, 3.63) is 40.1 Å². The van der Waals surface area contributed by atoms with Gasteiger partial charge in [0.25, 0.3) is 0 Å². The number of benzene rings is 1. The fourth-order valence-corrected chi connectivity index (χ4v) is 1.95. The highest BCUT2D eigenvalue weighted by Crippen LogP contribution is 2.29. The van der Waals surface area contributed by atoms with Crippen LogP contribution in [0.15, 0.2) is 24.3 Å². The summed E-state index contributed by atoms with van der Waals surface area (Å²) < 4.78 is 0. The predicted molar refractivity (Wildman–Crippen MR) is 81.1 cm³/mol. The van der Waals surface area contributed by atoms with Crippen LogP contribution in [0.4, 0.5) is 5.82 Å². The molecule has 0 radical (unpaired) electrons. The molecule has 1 aromatic heterocycles. The van der Waals surface area contributed by atoms with Gasteiger partial charge in [-0.1, -0.05) is 43.1 Å². The van der Waals surface area contributed by atoms with E-state index in [4.69, 9.17) is 23.2 Å². The van der Waals surface area contributed by atoms with Crippen LogP contribution >= 0.6 is 23.2 Å². The minimum atomic E-state index is 0.259. The molecule has 2 aromatic rings. The number of halogens is 2. The first-order valence-electron chi connectivity index (χ1n) is 6.03. The molecule has 0 aliphatic heterocycles. The third kappa shape index (κ3) is 3.17. The summed E-state index contributed by atoms with van der Waals surface area (Å²) in [6, 6.07) is 7.39. The summed E-state index contributed by atoms with van der Waals surface area (Å²) in [6.07, 6.45) is 0. The summed E-state index contributed by atoms with van der Waals surface area (Å²) >= 11 is 12.0. The minimum Gasteiger partial charge on any atom is -0.373 e. The fraction of sp³-hybridized carbons (Fsp3) is 0.286. The molecule has 1 heterocycles.